The zero-order chi connectivity index (χ0) is 9.42. The smallest absolute Gasteiger partial charge is 0.314 e. The van der Waals surface area contributed by atoms with Crippen molar-refractivity contribution in [3.63, 3.8) is 0 Å². The number of hydrogen-bond acceptors (Lipinski definition) is 2. The molecular formula is C7H12N4O2. The van der Waals surface area contributed by atoms with Gasteiger partial charge in [0.05, 0.1) is 0 Å². The van der Waals surface area contributed by atoms with Gasteiger partial charge in [0, 0.05) is 6.54 Å². The van der Waals surface area contributed by atoms with Crippen LogP contribution < -0.4 is 16.0 Å². The molecule has 0 saturated carbocycles. The zero-order valence-corrected chi connectivity index (χ0v) is 7.33. The number of fused-ring (bicyclic) bond motifs is 1. The Morgan fingerprint density at radius 3 is 2.77 bits per heavy atom. The second-order valence-electron chi connectivity index (χ2n) is 3.18. The molecule has 0 radical (unpaired) electrons. The molecule has 0 aromatic rings. The quantitative estimate of drug-likeness (QED) is 0.535. The van der Waals surface area contributed by atoms with Crippen molar-refractivity contribution in [3.05, 3.63) is 0 Å². The van der Waals surface area contributed by atoms with Gasteiger partial charge < -0.3 is 20.9 Å². The van der Waals surface area contributed by atoms with Crippen molar-refractivity contribution >= 4 is 12.1 Å². The van der Waals surface area contributed by atoms with Crippen molar-refractivity contribution in [2.24, 2.45) is 0 Å². The van der Waals surface area contributed by atoms with Crippen LogP contribution in [0.4, 0.5) is 9.59 Å². The first kappa shape index (κ1) is 8.15. The average Bonchev–Trinajstić information content (AvgIpc) is 2.52. The molecule has 2 saturated heterocycles. The monoisotopic (exact) mass is 184 g/mol. The lowest BCUT2D eigenvalue weighted by Gasteiger charge is -2.19. The van der Waals surface area contributed by atoms with Gasteiger partial charge in [-0.05, 0) is 6.42 Å². The second-order valence-corrected chi connectivity index (χ2v) is 3.18. The van der Waals surface area contributed by atoms with Crippen molar-refractivity contribution < 1.29 is 9.59 Å². The predicted octanol–water partition coefficient (Wildman–Crippen LogP) is -0.613. The van der Waals surface area contributed by atoms with Crippen molar-refractivity contribution in [2.75, 3.05) is 6.54 Å². The minimum atomic E-state index is -0.272. The summed E-state index contributed by atoms with van der Waals surface area (Å²) in [6.07, 6.45) is 0.387. The number of urea groups is 2. The highest BCUT2D eigenvalue weighted by Gasteiger charge is 2.44. The van der Waals surface area contributed by atoms with E-state index in [1.165, 1.54) is 0 Å². The molecule has 0 unspecified atom stereocenters. The van der Waals surface area contributed by atoms with E-state index in [0.29, 0.717) is 6.54 Å². The maximum Gasteiger partial charge on any atom is 0.320 e. The van der Waals surface area contributed by atoms with Crippen LogP contribution in [-0.2, 0) is 0 Å². The minimum Gasteiger partial charge on any atom is -0.314 e. The molecule has 2 atom stereocenters. The Labute approximate surface area is 75.6 Å². The number of nitrogens with zero attached hydrogens (tertiary/aromatic N) is 1. The fourth-order valence-corrected chi connectivity index (χ4v) is 1.68. The van der Waals surface area contributed by atoms with Crippen LogP contribution in [0.1, 0.15) is 13.3 Å². The molecule has 0 spiro atoms. The zero-order valence-electron chi connectivity index (χ0n) is 7.33. The first-order chi connectivity index (χ1) is 6.22. The Morgan fingerprint density at radius 2 is 2.08 bits per heavy atom. The number of carbonyl (C=O) groups excluding carboxylic acids is 2. The summed E-state index contributed by atoms with van der Waals surface area (Å²) in [4.78, 5) is 23.8. The van der Waals surface area contributed by atoms with Crippen molar-refractivity contribution in [2.45, 2.75) is 25.7 Å². The molecule has 13 heavy (non-hydrogen) atoms. The lowest BCUT2D eigenvalue weighted by molar-refractivity contribution is 0.196. The summed E-state index contributed by atoms with van der Waals surface area (Å²) < 4.78 is 0. The van der Waals surface area contributed by atoms with Crippen LogP contribution in [0.15, 0.2) is 0 Å². The molecule has 0 aromatic heterocycles. The topological polar surface area (TPSA) is 73.5 Å². The molecule has 6 heteroatoms. The summed E-state index contributed by atoms with van der Waals surface area (Å²) in [7, 11) is 0. The van der Waals surface area contributed by atoms with Gasteiger partial charge in [0.2, 0.25) is 0 Å². The van der Waals surface area contributed by atoms with E-state index < -0.39 is 0 Å². The first-order valence-electron chi connectivity index (χ1n) is 4.36. The fraction of sp³-hybridized carbons (Fsp3) is 0.714. The summed E-state index contributed by atoms with van der Waals surface area (Å²) in [5, 5.41) is 7.96. The van der Waals surface area contributed by atoms with Gasteiger partial charge in [-0.15, -0.1) is 0 Å². The molecule has 2 aliphatic heterocycles. The Bertz CT molecular complexity index is 255. The molecule has 6 nitrogen and oxygen atoms in total. The van der Waals surface area contributed by atoms with E-state index in [4.69, 9.17) is 0 Å². The summed E-state index contributed by atoms with van der Waals surface area (Å²) >= 11 is 0. The van der Waals surface area contributed by atoms with Crippen LogP contribution in [0.5, 0.6) is 0 Å². The maximum atomic E-state index is 11.3. The molecule has 2 aliphatic rings. The van der Waals surface area contributed by atoms with E-state index in [2.05, 4.69) is 16.0 Å². The van der Waals surface area contributed by atoms with Gasteiger partial charge in [-0.1, -0.05) is 6.92 Å². The SMILES string of the molecule is CCCN1C(=O)N[C@@H]2NC(=O)N[C@@H]21. The van der Waals surface area contributed by atoms with Gasteiger partial charge in [-0.3, -0.25) is 0 Å². The van der Waals surface area contributed by atoms with E-state index in [-0.39, 0.29) is 24.4 Å². The lowest BCUT2D eigenvalue weighted by Crippen LogP contribution is -2.43. The molecule has 72 valence electrons. The Kier molecular flexibility index (Phi) is 1.75. The number of rotatable bonds is 2. The van der Waals surface area contributed by atoms with Gasteiger partial charge >= 0.3 is 12.1 Å². The minimum absolute atomic E-state index is 0.121. The van der Waals surface area contributed by atoms with Gasteiger partial charge in [-0.2, -0.15) is 0 Å². The molecule has 2 rings (SSSR count). The van der Waals surface area contributed by atoms with Crippen LogP contribution in [0.25, 0.3) is 0 Å². The largest absolute Gasteiger partial charge is 0.320 e. The van der Waals surface area contributed by atoms with E-state index in [1.807, 2.05) is 6.92 Å². The van der Waals surface area contributed by atoms with E-state index in [1.54, 1.807) is 4.90 Å². The molecule has 0 aliphatic carbocycles. The van der Waals surface area contributed by atoms with E-state index >= 15 is 0 Å². The summed E-state index contributed by atoms with van der Waals surface area (Å²) in [5.74, 6) is 0. The lowest BCUT2D eigenvalue weighted by atomic mass is 10.4. The molecule has 2 heterocycles. The molecule has 0 bridgehead atoms. The van der Waals surface area contributed by atoms with Gasteiger partial charge in [0.25, 0.3) is 0 Å². The van der Waals surface area contributed by atoms with Crippen LogP contribution in [0, 0.1) is 0 Å². The van der Waals surface area contributed by atoms with Crippen molar-refractivity contribution in [3.8, 4) is 0 Å². The van der Waals surface area contributed by atoms with Gasteiger partial charge in [0.15, 0.2) is 0 Å². The molecule has 0 aromatic carbocycles. The molecular weight excluding hydrogens is 172 g/mol. The van der Waals surface area contributed by atoms with Crippen molar-refractivity contribution in [1.82, 2.24) is 20.9 Å². The third-order valence-corrected chi connectivity index (χ3v) is 2.22. The fourth-order valence-electron chi connectivity index (χ4n) is 1.68. The predicted molar refractivity (Wildman–Crippen MR) is 44.8 cm³/mol. The first-order valence-corrected chi connectivity index (χ1v) is 4.36. The summed E-state index contributed by atoms with van der Waals surface area (Å²) in [5.41, 5.74) is 0. The van der Waals surface area contributed by atoms with Gasteiger partial charge in [0.1, 0.15) is 12.3 Å². The highest BCUT2D eigenvalue weighted by Crippen LogP contribution is 2.13. The Hall–Kier alpha value is -1.46. The van der Waals surface area contributed by atoms with Crippen LogP contribution in [0.2, 0.25) is 0 Å². The summed E-state index contributed by atoms with van der Waals surface area (Å²) in [6, 6.07) is -0.347. The normalized spacial score (nSPS) is 31.0. The number of nitrogens with one attached hydrogen (secondary N) is 3. The second kappa shape index (κ2) is 2.79. The van der Waals surface area contributed by atoms with Crippen molar-refractivity contribution in [1.29, 1.82) is 0 Å². The maximum absolute atomic E-state index is 11.3. The number of carbonyl (C=O) groups is 2. The Morgan fingerprint density at radius 1 is 1.31 bits per heavy atom. The highest BCUT2D eigenvalue weighted by molar-refractivity contribution is 5.84. The number of hydrogen-bond donors (Lipinski definition) is 3. The van der Waals surface area contributed by atoms with E-state index in [9.17, 15) is 9.59 Å². The standard InChI is InChI=1S/C7H12N4O2/c1-2-3-11-5-4(9-7(11)13)8-6(12)10-5/h4-5H,2-3H2,1H3,(H,9,13)(H2,8,10,12)/t4-,5+/m0/s1. The van der Waals surface area contributed by atoms with Crippen LogP contribution in [-0.4, -0.2) is 35.8 Å². The Balaban J connectivity index is 2.10. The average molecular weight is 184 g/mol. The number of amides is 4. The molecule has 4 amide bonds. The highest BCUT2D eigenvalue weighted by atomic mass is 16.2. The van der Waals surface area contributed by atoms with Gasteiger partial charge in [-0.25, -0.2) is 9.59 Å². The van der Waals surface area contributed by atoms with E-state index in [0.717, 1.165) is 6.42 Å². The van der Waals surface area contributed by atoms with Crippen LogP contribution in [0.3, 0.4) is 0 Å². The third kappa shape index (κ3) is 1.18. The summed E-state index contributed by atoms with van der Waals surface area (Å²) in [6.45, 7) is 2.65. The molecule has 3 N–H and O–H groups in total. The molecule has 2 fully saturated rings. The third-order valence-electron chi connectivity index (χ3n) is 2.22. The van der Waals surface area contributed by atoms with Crippen LogP contribution >= 0.6 is 0 Å².